The van der Waals surface area contributed by atoms with Crippen LogP contribution in [0.2, 0.25) is 0 Å². The number of aromatic nitrogens is 1. The summed E-state index contributed by atoms with van der Waals surface area (Å²) in [5, 5.41) is 12.4. The number of nitrogens with zero attached hydrogens (tertiary/aromatic N) is 2. The third-order valence-corrected chi connectivity index (χ3v) is 3.14. The van der Waals surface area contributed by atoms with Crippen LogP contribution in [0.25, 0.3) is 0 Å². The summed E-state index contributed by atoms with van der Waals surface area (Å²) >= 11 is 0. The van der Waals surface area contributed by atoms with E-state index in [9.17, 15) is 14.0 Å². The van der Waals surface area contributed by atoms with Gasteiger partial charge in [0.1, 0.15) is 11.3 Å². The minimum atomic E-state index is -2.35. The van der Waals surface area contributed by atoms with Crippen LogP contribution >= 0.6 is 0 Å². The van der Waals surface area contributed by atoms with Gasteiger partial charge in [-0.05, 0) is 13.8 Å². The van der Waals surface area contributed by atoms with E-state index in [-0.39, 0.29) is 18.5 Å². The van der Waals surface area contributed by atoms with Crippen molar-refractivity contribution in [2.45, 2.75) is 25.9 Å². The van der Waals surface area contributed by atoms with Crippen LogP contribution < -0.4 is 0 Å². The zero-order chi connectivity index (χ0) is 13.5. The quantitative estimate of drug-likeness (QED) is 0.851. The highest BCUT2D eigenvalue weighted by Gasteiger charge is 2.47. The Morgan fingerprint density at radius 1 is 1.50 bits per heavy atom. The first-order chi connectivity index (χ1) is 8.35. The molecule has 98 valence electrons. The fourth-order valence-corrected chi connectivity index (χ4v) is 2.07. The van der Waals surface area contributed by atoms with Gasteiger partial charge in [0.25, 0.3) is 5.91 Å². The summed E-state index contributed by atoms with van der Waals surface area (Å²) in [4.78, 5) is 24.1. The number of amides is 1. The molecule has 0 bridgehead atoms. The third-order valence-electron chi connectivity index (χ3n) is 3.14. The van der Waals surface area contributed by atoms with E-state index in [0.29, 0.717) is 11.5 Å². The van der Waals surface area contributed by atoms with Gasteiger partial charge in [-0.15, -0.1) is 0 Å². The maximum Gasteiger partial charge on any atom is 0.343 e. The Labute approximate surface area is 102 Å². The Morgan fingerprint density at radius 3 is 2.61 bits per heavy atom. The summed E-state index contributed by atoms with van der Waals surface area (Å²) in [6.07, 6.45) is -0.197. The molecule has 0 saturated carbocycles. The number of carboxylic acids is 1. The lowest BCUT2D eigenvalue weighted by atomic mass is 10.1. The van der Waals surface area contributed by atoms with Crippen LogP contribution in [0.3, 0.4) is 0 Å². The lowest BCUT2D eigenvalue weighted by molar-refractivity contribution is -0.149. The molecular weight excluding hydrogens is 243 g/mol. The molecular formula is C11H13FN2O4. The Balaban J connectivity index is 2.21. The van der Waals surface area contributed by atoms with Gasteiger partial charge in [0.05, 0.1) is 12.2 Å². The van der Waals surface area contributed by atoms with Crippen molar-refractivity contribution in [1.82, 2.24) is 10.1 Å². The van der Waals surface area contributed by atoms with E-state index in [0.717, 1.165) is 0 Å². The van der Waals surface area contributed by atoms with Crippen molar-refractivity contribution >= 4 is 11.9 Å². The average molecular weight is 256 g/mol. The molecule has 1 aromatic heterocycles. The molecule has 0 aromatic carbocycles. The maximum atomic E-state index is 13.9. The van der Waals surface area contributed by atoms with Crippen molar-refractivity contribution in [2.24, 2.45) is 0 Å². The summed E-state index contributed by atoms with van der Waals surface area (Å²) in [5.41, 5.74) is -1.65. The minimum absolute atomic E-state index is 0.0751. The van der Waals surface area contributed by atoms with Crippen molar-refractivity contribution < 1.29 is 23.6 Å². The second-order valence-electron chi connectivity index (χ2n) is 4.45. The molecule has 2 heterocycles. The van der Waals surface area contributed by atoms with E-state index in [2.05, 4.69) is 5.16 Å². The van der Waals surface area contributed by atoms with Crippen LogP contribution in [0.15, 0.2) is 4.52 Å². The van der Waals surface area contributed by atoms with Crippen LogP contribution in [-0.2, 0) is 4.79 Å². The van der Waals surface area contributed by atoms with Gasteiger partial charge in [-0.1, -0.05) is 5.16 Å². The van der Waals surface area contributed by atoms with Crippen LogP contribution in [0, 0.1) is 13.8 Å². The van der Waals surface area contributed by atoms with E-state index in [1.807, 2.05) is 0 Å². The monoisotopic (exact) mass is 256 g/mol. The number of aryl methyl sites for hydroxylation is 2. The summed E-state index contributed by atoms with van der Waals surface area (Å²) in [7, 11) is 0. The lowest BCUT2D eigenvalue weighted by Crippen LogP contribution is -2.39. The number of likely N-dealkylation sites (tertiary alicyclic amines) is 1. The minimum Gasteiger partial charge on any atom is -0.479 e. The zero-order valence-corrected chi connectivity index (χ0v) is 10.1. The number of alkyl halides is 1. The first-order valence-electron chi connectivity index (χ1n) is 5.49. The van der Waals surface area contributed by atoms with Gasteiger partial charge in [0, 0.05) is 13.0 Å². The summed E-state index contributed by atoms with van der Waals surface area (Å²) in [6, 6.07) is 0. The zero-order valence-electron chi connectivity index (χ0n) is 10.1. The van der Waals surface area contributed by atoms with Gasteiger partial charge in [-0.2, -0.15) is 0 Å². The van der Waals surface area contributed by atoms with Gasteiger partial charge in [0.2, 0.25) is 5.67 Å². The molecule has 0 radical (unpaired) electrons. The SMILES string of the molecule is Cc1noc(C)c1C(=O)N1CCC(F)(C(=O)O)C1. The Kier molecular flexibility index (Phi) is 2.84. The molecule has 18 heavy (non-hydrogen) atoms. The van der Waals surface area contributed by atoms with Crippen LogP contribution in [0.4, 0.5) is 4.39 Å². The van der Waals surface area contributed by atoms with Crippen molar-refractivity contribution in [3.05, 3.63) is 17.0 Å². The van der Waals surface area contributed by atoms with Crippen molar-refractivity contribution in [2.75, 3.05) is 13.1 Å². The van der Waals surface area contributed by atoms with Gasteiger partial charge >= 0.3 is 5.97 Å². The van der Waals surface area contributed by atoms with Crippen molar-refractivity contribution in [3.8, 4) is 0 Å². The third kappa shape index (κ3) is 1.85. The number of halogens is 1. The molecule has 1 N–H and O–H groups in total. The van der Waals surface area contributed by atoms with Gasteiger partial charge < -0.3 is 14.5 Å². The van der Waals surface area contributed by atoms with E-state index in [1.165, 1.54) is 4.90 Å². The molecule has 0 spiro atoms. The Morgan fingerprint density at radius 2 is 2.17 bits per heavy atom. The molecule has 1 aromatic rings. The predicted molar refractivity (Wildman–Crippen MR) is 58.0 cm³/mol. The number of carbonyl (C=O) groups is 2. The number of carboxylic acid groups (broad SMARTS) is 1. The normalized spacial score (nSPS) is 23.4. The molecule has 1 fully saturated rings. The van der Waals surface area contributed by atoms with Gasteiger partial charge in [-0.25, -0.2) is 9.18 Å². The molecule has 1 atom stereocenters. The second-order valence-corrected chi connectivity index (χ2v) is 4.45. The molecule has 1 amide bonds. The van der Waals surface area contributed by atoms with E-state index in [1.54, 1.807) is 13.8 Å². The first-order valence-corrected chi connectivity index (χ1v) is 5.49. The summed E-state index contributed by atoms with van der Waals surface area (Å²) in [6.45, 7) is 2.83. The van der Waals surface area contributed by atoms with Crippen LogP contribution in [0.5, 0.6) is 0 Å². The number of hydrogen-bond acceptors (Lipinski definition) is 4. The lowest BCUT2D eigenvalue weighted by Gasteiger charge is -2.17. The predicted octanol–water partition coefficient (Wildman–Crippen LogP) is 0.930. The number of rotatable bonds is 2. The Bertz CT molecular complexity index is 494. The van der Waals surface area contributed by atoms with E-state index >= 15 is 0 Å². The van der Waals surface area contributed by atoms with E-state index in [4.69, 9.17) is 9.63 Å². The standard InChI is InChI=1S/C11H13FN2O4/c1-6-8(7(2)18-13-6)9(15)14-4-3-11(12,5-14)10(16)17/h3-5H2,1-2H3,(H,16,17). The number of aliphatic carboxylic acids is 1. The molecule has 1 saturated heterocycles. The van der Waals surface area contributed by atoms with Crippen molar-refractivity contribution in [3.63, 3.8) is 0 Å². The molecule has 1 unspecified atom stereocenters. The van der Waals surface area contributed by atoms with Gasteiger partial charge in [0.15, 0.2) is 0 Å². The maximum absolute atomic E-state index is 13.9. The topological polar surface area (TPSA) is 83.6 Å². The largest absolute Gasteiger partial charge is 0.479 e. The number of carbonyl (C=O) groups excluding carboxylic acids is 1. The van der Waals surface area contributed by atoms with Crippen LogP contribution in [0.1, 0.15) is 28.2 Å². The van der Waals surface area contributed by atoms with E-state index < -0.39 is 24.1 Å². The fraction of sp³-hybridized carbons (Fsp3) is 0.545. The second kappa shape index (κ2) is 4.08. The van der Waals surface area contributed by atoms with Gasteiger partial charge in [-0.3, -0.25) is 4.79 Å². The molecule has 1 aliphatic rings. The molecule has 1 aliphatic heterocycles. The van der Waals surface area contributed by atoms with Crippen LogP contribution in [-0.4, -0.2) is 45.8 Å². The highest BCUT2D eigenvalue weighted by Crippen LogP contribution is 2.28. The molecule has 6 nitrogen and oxygen atoms in total. The summed E-state index contributed by atoms with van der Waals surface area (Å²) in [5.74, 6) is -1.62. The molecule has 2 rings (SSSR count). The Hall–Kier alpha value is -1.92. The molecule has 7 heteroatoms. The smallest absolute Gasteiger partial charge is 0.343 e. The number of hydrogen-bond donors (Lipinski definition) is 1. The fourth-order valence-electron chi connectivity index (χ4n) is 2.07. The first kappa shape index (κ1) is 12.5. The molecule has 0 aliphatic carbocycles. The highest BCUT2D eigenvalue weighted by atomic mass is 19.1. The summed E-state index contributed by atoms with van der Waals surface area (Å²) < 4.78 is 18.7. The highest BCUT2D eigenvalue weighted by molar-refractivity contribution is 5.97. The van der Waals surface area contributed by atoms with Crippen molar-refractivity contribution in [1.29, 1.82) is 0 Å². The average Bonchev–Trinajstić information content (AvgIpc) is 2.84.